The first-order valence-corrected chi connectivity index (χ1v) is 6.37. The van der Waals surface area contributed by atoms with E-state index in [1.54, 1.807) is 18.2 Å². The van der Waals surface area contributed by atoms with Gasteiger partial charge in [-0.25, -0.2) is 0 Å². The van der Waals surface area contributed by atoms with Crippen LogP contribution in [0.4, 0.5) is 0 Å². The van der Waals surface area contributed by atoms with Crippen LogP contribution in [-0.2, 0) is 0 Å². The fourth-order valence-corrected chi connectivity index (χ4v) is 2.24. The van der Waals surface area contributed by atoms with Gasteiger partial charge in [0.1, 0.15) is 5.75 Å². The van der Waals surface area contributed by atoms with Crippen molar-refractivity contribution >= 4 is 21.8 Å². The molecule has 1 fully saturated rings. The number of carbonyl (C=O) groups excluding carboxylic acids is 1. The predicted octanol–water partition coefficient (Wildman–Crippen LogP) is 2.34. The van der Waals surface area contributed by atoms with E-state index in [9.17, 15) is 4.79 Å². The Morgan fingerprint density at radius 1 is 1.44 bits per heavy atom. The summed E-state index contributed by atoms with van der Waals surface area (Å²) < 4.78 is 5.69. The average Bonchev–Trinajstić information content (AvgIpc) is 3.07. The van der Waals surface area contributed by atoms with Gasteiger partial charge < -0.3 is 10.5 Å². The molecule has 1 aromatic rings. The number of amides is 1. The standard InChI is InChI=1S/C12H14BrNO2/c13-7-12(5-6-12)8-16-10-4-2-1-3-9(10)11(14)15/h1-4H,5-8H2,(H2,14,15). The molecule has 2 rings (SSSR count). The van der Waals surface area contributed by atoms with Crippen LogP contribution in [0.1, 0.15) is 23.2 Å². The largest absolute Gasteiger partial charge is 0.492 e. The maximum absolute atomic E-state index is 11.2. The summed E-state index contributed by atoms with van der Waals surface area (Å²) in [5.74, 6) is 0.140. The molecule has 16 heavy (non-hydrogen) atoms. The number of ether oxygens (including phenoxy) is 1. The Kier molecular flexibility index (Phi) is 3.19. The third kappa shape index (κ3) is 2.38. The molecule has 0 unspecified atom stereocenters. The van der Waals surface area contributed by atoms with Crippen molar-refractivity contribution in [3.63, 3.8) is 0 Å². The Labute approximate surface area is 103 Å². The molecule has 4 heteroatoms. The third-order valence-corrected chi connectivity index (χ3v) is 4.12. The molecule has 0 spiro atoms. The number of benzene rings is 1. The smallest absolute Gasteiger partial charge is 0.252 e. The molecule has 86 valence electrons. The first-order valence-electron chi connectivity index (χ1n) is 5.24. The maximum Gasteiger partial charge on any atom is 0.252 e. The number of hydrogen-bond acceptors (Lipinski definition) is 2. The summed E-state index contributed by atoms with van der Waals surface area (Å²) in [6, 6.07) is 7.09. The molecule has 0 atom stereocenters. The molecule has 0 radical (unpaired) electrons. The third-order valence-electron chi connectivity index (χ3n) is 2.93. The lowest BCUT2D eigenvalue weighted by molar-refractivity contribution is 0.0995. The lowest BCUT2D eigenvalue weighted by Gasteiger charge is -2.14. The Balaban J connectivity index is 2.06. The van der Waals surface area contributed by atoms with Crippen molar-refractivity contribution in [3.05, 3.63) is 29.8 Å². The van der Waals surface area contributed by atoms with Crippen molar-refractivity contribution in [2.45, 2.75) is 12.8 Å². The highest BCUT2D eigenvalue weighted by Gasteiger charge is 2.42. The van der Waals surface area contributed by atoms with Gasteiger partial charge in [0.2, 0.25) is 0 Å². The normalized spacial score (nSPS) is 16.8. The molecular formula is C12H14BrNO2. The minimum absolute atomic E-state index is 0.269. The van der Waals surface area contributed by atoms with E-state index in [2.05, 4.69) is 15.9 Å². The Hall–Kier alpha value is -1.03. The first-order chi connectivity index (χ1) is 7.67. The van der Waals surface area contributed by atoms with E-state index in [0.29, 0.717) is 17.9 Å². The first kappa shape index (κ1) is 11.5. The molecule has 0 aliphatic heterocycles. The summed E-state index contributed by atoms with van der Waals surface area (Å²) in [4.78, 5) is 11.2. The SMILES string of the molecule is NC(=O)c1ccccc1OCC1(CBr)CC1. The van der Waals surface area contributed by atoms with Crippen LogP contribution in [0.2, 0.25) is 0 Å². The molecule has 3 nitrogen and oxygen atoms in total. The molecule has 1 amide bonds. The van der Waals surface area contributed by atoms with E-state index >= 15 is 0 Å². The zero-order valence-electron chi connectivity index (χ0n) is 8.91. The fourth-order valence-electron chi connectivity index (χ4n) is 1.52. The molecule has 0 saturated heterocycles. The second-order valence-electron chi connectivity index (χ2n) is 4.28. The highest BCUT2D eigenvalue weighted by molar-refractivity contribution is 9.09. The summed E-state index contributed by atoms with van der Waals surface area (Å²) in [7, 11) is 0. The van der Waals surface area contributed by atoms with Gasteiger partial charge in [-0.05, 0) is 25.0 Å². The quantitative estimate of drug-likeness (QED) is 0.844. The Morgan fingerprint density at radius 2 is 2.12 bits per heavy atom. The van der Waals surface area contributed by atoms with E-state index < -0.39 is 5.91 Å². The minimum Gasteiger partial charge on any atom is -0.492 e. The number of para-hydroxylation sites is 1. The van der Waals surface area contributed by atoms with Crippen LogP contribution in [0.15, 0.2) is 24.3 Å². The van der Waals surface area contributed by atoms with Gasteiger partial charge >= 0.3 is 0 Å². The van der Waals surface area contributed by atoms with E-state index in [1.165, 1.54) is 12.8 Å². The Morgan fingerprint density at radius 3 is 2.69 bits per heavy atom. The van der Waals surface area contributed by atoms with E-state index in [-0.39, 0.29) is 5.41 Å². The van der Waals surface area contributed by atoms with Gasteiger partial charge in [0.25, 0.3) is 5.91 Å². The zero-order valence-corrected chi connectivity index (χ0v) is 10.5. The number of alkyl halides is 1. The monoisotopic (exact) mass is 283 g/mol. The number of halogens is 1. The summed E-state index contributed by atoms with van der Waals surface area (Å²) in [6.07, 6.45) is 2.36. The molecule has 1 aliphatic rings. The minimum atomic E-state index is -0.445. The summed E-state index contributed by atoms with van der Waals surface area (Å²) >= 11 is 3.48. The number of primary amides is 1. The van der Waals surface area contributed by atoms with Crippen LogP contribution in [0, 0.1) is 5.41 Å². The van der Waals surface area contributed by atoms with Gasteiger partial charge in [0.05, 0.1) is 12.2 Å². The van der Waals surface area contributed by atoms with Crippen molar-refractivity contribution in [3.8, 4) is 5.75 Å². The molecule has 1 saturated carbocycles. The second-order valence-corrected chi connectivity index (χ2v) is 4.84. The lowest BCUT2D eigenvalue weighted by Crippen LogP contribution is -2.17. The van der Waals surface area contributed by atoms with Crippen molar-refractivity contribution < 1.29 is 9.53 Å². The number of rotatable bonds is 5. The molecule has 1 aliphatic carbocycles. The van der Waals surface area contributed by atoms with Crippen LogP contribution >= 0.6 is 15.9 Å². The lowest BCUT2D eigenvalue weighted by atomic mass is 10.1. The van der Waals surface area contributed by atoms with Gasteiger partial charge in [-0.15, -0.1) is 0 Å². The van der Waals surface area contributed by atoms with Crippen LogP contribution < -0.4 is 10.5 Å². The van der Waals surface area contributed by atoms with Gasteiger partial charge in [0, 0.05) is 10.7 Å². The van der Waals surface area contributed by atoms with Gasteiger partial charge in [-0.1, -0.05) is 28.1 Å². The molecule has 2 N–H and O–H groups in total. The van der Waals surface area contributed by atoms with Crippen molar-refractivity contribution in [1.82, 2.24) is 0 Å². The summed E-state index contributed by atoms with van der Waals surface area (Å²) in [5.41, 5.74) is 5.99. The van der Waals surface area contributed by atoms with E-state index in [1.807, 2.05) is 6.07 Å². The van der Waals surface area contributed by atoms with Gasteiger partial charge in [-0.3, -0.25) is 4.79 Å². The maximum atomic E-state index is 11.2. The molecule has 1 aromatic carbocycles. The average molecular weight is 284 g/mol. The van der Waals surface area contributed by atoms with Gasteiger partial charge in [-0.2, -0.15) is 0 Å². The van der Waals surface area contributed by atoms with Crippen LogP contribution in [0.3, 0.4) is 0 Å². The highest BCUT2D eigenvalue weighted by Crippen LogP contribution is 2.47. The van der Waals surface area contributed by atoms with Gasteiger partial charge in [0.15, 0.2) is 0 Å². The molecular weight excluding hydrogens is 270 g/mol. The molecule has 0 bridgehead atoms. The number of carbonyl (C=O) groups is 1. The van der Waals surface area contributed by atoms with Crippen LogP contribution in [-0.4, -0.2) is 17.8 Å². The Bertz CT molecular complexity index is 402. The number of nitrogens with two attached hydrogens (primary N) is 1. The van der Waals surface area contributed by atoms with Crippen molar-refractivity contribution in [1.29, 1.82) is 0 Å². The van der Waals surface area contributed by atoms with Crippen molar-refractivity contribution in [2.24, 2.45) is 11.1 Å². The zero-order chi connectivity index (χ0) is 11.6. The van der Waals surface area contributed by atoms with Crippen LogP contribution in [0.5, 0.6) is 5.75 Å². The fraction of sp³-hybridized carbons (Fsp3) is 0.417. The van der Waals surface area contributed by atoms with Crippen LogP contribution in [0.25, 0.3) is 0 Å². The number of hydrogen-bond donors (Lipinski definition) is 1. The molecule has 0 aromatic heterocycles. The molecule has 0 heterocycles. The van der Waals surface area contributed by atoms with Crippen molar-refractivity contribution in [2.75, 3.05) is 11.9 Å². The van der Waals surface area contributed by atoms with E-state index in [0.717, 1.165) is 5.33 Å². The van der Waals surface area contributed by atoms with E-state index in [4.69, 9.17) is 10.5 Å². The predicted molar refractivity (Wildman–Crippen MR) is 65.9 cm³/mol. The summed E-state index contributed by atoms with van der Waals surface area (Å²) in [6.45, 7) is 0.641. The topological polar surface area (TPSA) is 52.3 Å². The summed E-state index contributed by atoms with van der Waals surface area (Å²) in [5, 5.41) is 0.943. The highest BCUT2D eigenvalue weighted by atomic mass is 79.9. The second kappa shape index (κ2) is 4.45.